The molecule has 38 heavy (non-hydrogen) atoms. The monoisotopic (exact) mass is 524 g/mol. The Hall–Kier alpha value is -3.79. The van der Waals surface area contributed by atoms with Crippen LogP contribution in [0.3, 0.4) is 0 Å². The van der Waals surface area contributed by atoms with Crippen LogP contribution >= 0.6 is 0 Å². The van der Waals surface area contributed by atoms with Gasteiger partial charge in [-0.25, -0.2) is 4.98 Å². The van der Waals surface area contributed by atoms with Crippen molar-refractivity contribution in [2.45, 2.75) is 38.8 Å². The Kier molecular flexibility index (Phi) is 6.46. The number of anilines is 2. The molecular formula is C28H27F3N4O3. The molecule has 5 rings (SSSR count). The van der Waals surface area contributed by atoms with E-state index in [4.69, 9.17) is 9.72 Å². The number of benzene rings is 1. The molecule has 7 nitrogen and oxygen atoms in total. The maximum atomic E-state index is 13.2. The molecule has 2 aromatic heterocycles. The van der Waals surface area contributed by atoms with E-state index < -0.39 is 23.1 Å². The Morgan fingerprint density at radius 3 is 2.74 bits per heavy atom. The van der Waals surface area contributed by atoms with Gasteiger partial charge in [-0.05, 0) is 55.7 Å². The molecule has 1 N–H and O–H groups in total. The van der Waals surface area contributed by atoms with Crippen molar-refractivity contribution in [1.29, 1.82) is 0 Å². The second-order valence-electron chi connectivity index (χ2n) is 9.92. The van der Waals surface area contributed by atoms with Crippen LogP contribution in [0.2, 0.25) is 0 Å². The van der Waals surface area contributed by atoms with Gasteiger partial charge in [-0.3, -0.25) is 19.5 Å². The molecule has 1 aromatic carbocycles. The van der Waals surface area contributed by atoms with Gasteiger partial charge >= 0.3 is 6.18 Å². The topological polar surface area (TPSA) is 84.4 Å². The van der Waals surface area contributed by atoms with Crippen LogP contribution in [0.25, 0.3) is 11.1 Å². The Balaban J connectivity index is 1.50. The molecule has 2 amide bonds. The van der Waals surface area contributed by atoms with Gasteiger partial charge in [0.05, 0.1) is 23.7 Å². The molecule has 0 spiro atoms. The Labute approximate surface area is 218 Å². The second-order valence-corrected chi connectivity index (χ2v) is 9.92. The lowest BCUT2D eigenvalue weighted by atomic mass is 9.66. The molecule has 2 atom stereocenters. The van der Waals surface area contributed by atoms with Gasteiger partial charge in [-0.1, -0.05) is 13.0 Å². The summed E-state index contributed by atoms with van der Waals surface area (Å²) < 4.78 is 44.8. The van der Waals surface area contributed by atoms with Crippen LogP contribution < -0.4 is 10.2 Å². The molecule has 1 fully saturated rings. The summed E-state index contributed by atoms with van der Waals surface area (Å²) in [5.74, 6) is -0.321. The fourth-order valence-electron chi connectivity index (χ4n) is 5.28. The minimum absolute atomic E-state index is 0.0208. The number of halogens is 3. The summed E-state index contributed by atoms with van der Waals surface area (Å²) in [6, 6.07) is 8.12. The molecule has 4 heterocycles. The van der Waals surface area contributed by atoms with Gasteiger partial charge in [0.1, 0.15) is 5.82 Å². The highest BCUT2D eigenvalue weighted by Crippen LogP contribution is 2.48. The largest absolute Gasteiger partial charge is 0.417 e. The molecule has 198 valence electrons. The molecular weight excluding hydrogens is 497 g/mol. The number of amides is 2. The number of hydrogen-bond acceptors (Lipinski definition) is 5. The van der Waals surface area contributed by atoms with Gasteiger partial charge in [0.25, 0.3) is 5.91 Å². The van der Waals surface area contributed by atoms with Crippen LogP contribution in [0.4, 0.5) is 24.7 Å². The summed E-state index contributed by atoms with van der Waals surface area (Å²) in [6.45, 7) is 7.34. The zero-order valence-electron chi connectivity index (χ0n) is 21.2. The number of alkyl halides is 3. The third-order valence-electron chi connectivity index (χ3n) is 7.57. The number of nitrogens with zero attached hydrogens (tertiary/aromatic N) is 3. The van der Waals surface area contributed by atoms with Gasteiger partial charge in [-0.15, -0.1) is 0 Å². The summed E-state index contributed by atoms with van der Waals surface area (Å²) in [4.78, 5) is 35.9. The molecule has 1 saturated heterocycles. The van der Waals surface area contributed by atoms with E-state index in [0.29, 0.717) is 43.9 Å². The number of fused-ring (bicyclic) bond motifs is 3. The molecule has 3 aromatic rings. The lowest BCUT2D eigenvalue weighted by Gasteiger charge is -2.47. The van der Waals surface area contributed by atoms with E-state index in [-0.39, 0.29) is 17.4 Å². The number of pyridine rings is 2. The van der Waals surface area contributed by atoms with Crippen molar-refractivity contribution in [3.8, 4) is 11.1 Å². The van der Waals surface area contributed by atoms with Crippen molar-refractivity contribution in [1.82, 2.24) is 9.97 Å². The van der Waals surface area contributed by atoms with Crippen molar-refractivity contribution in [2.24, 2.45) is 5.92 Å². The first-order chi connectivity index (χ1) is 18.0. The second kappa shape index (κ2) is 9.50. The maximum Gasteiger partial charge on any atom is 0.417 e. The molecule has 10 heteroatoms. The standard InChI is InChI=1S/C28H27F3N4O3/c1-4-35-24-22(27(3)7-8-38-15-23(27)26(35)37)10-17(13-33-24)21-11-20(6-5-16(21)2)34-25(36)18-9-19(14-32-12-18)28(29,30)31/h5-6,9-14,23H,4,7-8,15H2,1-3H3,(H,34,36)/t23?,27-/m1/s1. The highest BCUT2D eigenvalue weighted by atomic mass is 19.4. The SMILES string of the molecule is CCN1C(=O)C2COCC[C@]2(C)c2cc(-c3cc(NC(=O)c4cncc(C(F)(F)F)c4)ccc3C)cnc21. The number of carbonyl (C=O) groups excluding carboxylic acids is 2. The summed E-state index contributed by atoms with van der Waals surface area (Å²) in [5, 5.41) is 2.68. The summed E-state index contributed by atoms with van der Waals surface area (Å²) in [5.41, 5.74) is 2.35. The van der Waals surface area contributed by atoms with Crippen LogP contribution in [0, 0.1) is 12.8 Å². The minimum Gasteiger partial charge on any atom is -0.381 e. The average Bonchev–Trinajstić information content (AvgIpc) is 2.89. The highest BCUT2D eigenvalue weighted by Gasteiger charge is 2.50. The predicted octanol–water partition coefficient (Wildman–Crippen LogP) is 5.38. The summed E-state index contributed by atoms with van der Waals surface area (Å²) >= 11 is 0. The smallest absolute Gasteiger partial charge is 0.381 e. The lowest BCUT2D eigenvalue weighted by Crippen LogP contribution is -2.55. The minimum atomic E-state index is -4.60. The molecule has 0 bridgehead atoms. The number of hydrogen-bond donors (Lipinski definition) is 1. The highest BCUT2D eigenvalue weighted by molar-refractivity contribution is 6.04. The average molecular weight is 525 g/mol. The number of aryl methyl sites for hydroxylation is 1. The molecule has 0 aliphatic carbocycles. The van der Waals surface area contributed by atoms with Crippen LogP contribution in [0.5, 0.6) is 0 Å². The molecule has 0 saturated carbocycles. The van der Waals surface area contributed by atoms with E-state index in [2.05, 4.69) is 23.3 Å². The van der Waals surface area contributed by atoms with E-state index in [1.807, 2.05) is 19.9 Å². The first-order valence-electron chi connectivity index (χ1n) is 12.4. The van der Waals surface area contributed by atoms with Gasteiger partial charge in [0, 0.05) is 54.0 Å². The number of ether oxygens (including phenoxy) is 1. The molecule has 2 aliphatic heterocycles. The van der Waals surface area contributed by atoms with E-state index in [1.54, 1.807) is 23.2 Å². The maximum absolute atomic E-state index is 13.2. The number of carbonyl (C=O) groups is 2. The number of rotatable bonds is 4. The lowest BCUT2D eigenvalue weighted by molar-refractivity contribution is -0.138. The molecule has 1 unspecified atom stereocenters. The van der Waals surface area contributed by atoms with Gasteiger partial charge in [-0.2, -0.15) is 13.2 Å². The van der Waals surface area contributed by atoms with Gasteiger partial charge in [0.2, 0.25) is 5.91 Å². The first kappa shape index (κ1) is 25.8. The molecule has 2 aliphatic rings. The van der Waals surface area contributed by atoms with Crippen molar-refractivity contribution >= 4 is 23.3 Å². The number of aromatic nitrogens is 2. The number of nitrogens with one attached hydrogen (secondary N) is 1. The Morgan fingerprint density at radius 2 is 2.00 bits per heavy atom. The van der Waals surface area contributed by atoms with E-state index >= 15 is 0 Å². The summed E-state index contributed by atoms with van der Waals surface area (Å²) in [6.07, 6.45) is -0.418. The quantitative estimate of drug-likeness (QED) is 0.495. The van der Waals surface area contributed by atoms with Crippen molar-refractivity contribution in [3.63, 3.8) is 0 Å². The van der Waals surface area contributed by atoms with Crippen molar-refractivity contribution in [3.05, 3.63) is 71.2 Å². The van der Waals surface area contributed by atoms with Crippen LogP contribution in [0.1, 0.15) is 47.3 Å². The van der Waals surface area contributed by atoms with Crippen LogP contribution in [-0.4, -0.2) is 41.5 Å². The Morgan fingerprint density at radius 1 is 1.21 bits per heavy atom. The van der Waals surface area contributed by atoms with E-state index in [1.165, 1.54) is 0 Å². The van der Waals surface area contributed by atoms with Crippen molar-refractivity contribution in [2.75, 3.05) is 30.0 Å². The third-order valence-corrected chi connectivity index (χ3v) is 7.57. The van der Waals surface area contributed by atoms with E-state index in [0.717, 1.165) is 34.5 Å². The van der Waals surface area contributed by atoms with Gasteiger partial charge in [0.15, 0.2) is 0 Å². The normalized spacial score (nSPS) is 21.1. The Bertz CT molecular complexity index is 1420. The van der Waals surface area contributed by atoms with Gasteiger partial charge < -0.3 is 10.1 Å². The molecule has 0 radical (unpaired) electrons. The first-order valence-corrected chi connectivity index (χ1v) is 12.4. The zero-order valence-corrected chi connectivity index (χ0v) is 21.2. The fraction of sp³-hybridized carbons (Fsp3) is 0.357. The zero-order chi connectivity index (χ0) is 27.2. The van der Waals surface area contributed by atoms with Crippen LogP contribution in [-0.2, 0) is 21.1 Å². The van der Waals surface area contributed by atoms with Crippen LogP contribution in [0.15, 0.2) is 48.9 Å². The fourth-order valence-corrected chi connectivity index (χ4v) is 5.28. The van der Waals surface area contributed by atoms with E-state index in [9.17, 15) is 22.8 Å². The summed E-state index contributed by atoms with van der Waals surface area (Å²) in [7, 11) is 0. The van der Waals surface area contributed by atoms with Crippen molar-refractivity contribution < 1.29 is 27.5 Å². The third kappa shape index (κ3) is 4.42. The predicted molar refractivity (Wildman–Crippen MR) is 136 cm³/mol.